The van der Waals surface area contributed by atoms with Crippen molar-refractivity contribution in [1.82, 2.24) is 0 Å². The van der Waals surface area contributed by atoms with E-state index in [0.717, 1.165) is 11.3 Å². The number of epoxide rings is 1. The van der Waals surface area contributed by atoms with Crippen LogP contribution in [0.3, 0.4) is 0 Å². The second kappa shape index (κ2) is 6.89. The summed E-state index contributed by atoms with van der Waals surface area (Å²) in [4.78, 5) is 0. The summed E-state index contributed by atoms with van der Waals surface area (Å²) in [6, 6.07) is 7.90. The topological polar surface area (TPSA) is 40.2 Å². The number of hydrogen-bond donors (Lipinski definition) is 0. The molecule has 2 atom stereocenters. The summed E-state index contributed by atoms with van der Waals surface area (Å²) in [6.07, 6.45) is 0.365. The molecule has 0 radical (unpaired) electrons. The third-order valence-corrected chi connectivity index (χ3v) is 2.75. The monoisotopic (exact) mass is 266 g/mol. The van der Waals surface area contributed by atoms with Crippen LogP contribution in [0.5, 0.6) is 5.75 Å². The first kappa shape index (κ1) is 14.3. The van der Waals surface area contributed by atoms with Crippen molar-refractivity contribution in [3.05, 3.63) is 29.8 Å². The minimum Gasteiger partial charge on any atom is -0.462 e. The van der Waals surface area contributed by atoms with E-state index in [0.29, 0.717) is 19.8 Å². The fourth-order valence-corrected chi connectivity index (χ4v) is 1.67. The van der Waals surface area contributed by atoms with E-state index in [4.69, 9.17) is 18.9 Å². The highest BCUT2D eigenvalue weighted by Crippen LogP contribution is 2.26. The van der Waals surface area contributed by atoms with Gasteiger partial charge in [0.15, 0.2) is 0 Å². The molecule has 1 aromatic carbocycles. The molecule has 0 saturated carbocycles. The smallest absolute Gasteiger partial charge is 0.226 e. The first-order valence-corrected chi connectivity index (χ1v) is 6.75. The molecular formula is C15H22O4. The van der Waals surface area contributed by atoms with Crippen molar-refractivity contribution in [2.75, 3.05) is 13.2 Å². The van der Waals surface area contributed by atoms with Crippen molar-refractivity contribution in [2.24, 2.45) is 0 Å². The van der Waals surface area contributed by atoms with Gasteiger partial charge in [0.25, 0.3) is 0 Å². The van der Waals surface area contributed by atoms with Gasteiger partial charge in [-0.1, -0.05) is 12.1 Å². The Hall–Kier alpha value is -1.10. The van der Waals surface area contributed by atoms with Crippen LogP contribution in [0.4, 0.5) is 0 Å². The third-order valence-electron chi connectivity index (χ3n) is 2.75. The lowest BCUT2D eigenvalue weighted by Crippen LogP contribution is -2.09. The van der Waals surface area contributed by atoms with Crippen LogP contribution in [-0.4, -0.2) is 31.7 Å². The Morgan fingerprint density at radius 1 is 1.26 bits per heavy atom. The van der Waals surface area contributed by atoms with E-state index in [2.05, 4.69) is 0 Å². The van der Waals surface area contributed by atoms with E-state index < -0.39 is 0 Å². The molecule has 1 aliphatic heterocycles. The largest absolute Gasteiger partial charge is 0.462 e. The van der Waals surface area contributed by atoms with Gasteiger partial charge in [0.2, 0.25) is 6.29 Å². The van der Waals surface area contributed by atoms with Crippen LogP contribution >= 0.6 is 0 Å². The average molecular weight is 266 g/mol. The summed E-state index contributed by atoms with van der Waals surface area (Å²) in [5.74, 6) is 0.828. The Morgan fingerprint density at radius 3 is 2.74 bits per heavy atom. The molecule has 0 aliphatic carbocycles. The summed E-state index contributed by atoms with van der Waals surface area (Å²) in [5.41, 5.74) is 1.09. The maximum atomic E-state index is 5.63. The van der Waals surface area contributed by atoms with Crippen molar-refractivity contribution in [3.8, 4) is 5.75 Å². The molecule has 1 fully saturated rings. The van der Waals surface area contributed by atoms with Gasteiger partial charge in [0.05, 0.1) is 25.9 Å². The molecule has 0 bridgehead atoms. The summed E-state index contributed by atoms with van der Waals surface area (Å²) in [6.45, 7) is 7.82. The van der Waals surface area contributed by atoms with Crippen LogP contribution < -0.4 is 4.74 Å². The minimum absolute atomic E-state index is 0.0874. The quantitative estimate of drug-likeness (QED) is 0.536. The second-order valence-electron chi connectivity index (χ2n) is 4.95. The van der Waals surface area contributed by atoms with Crippen molar-refractivity contribution in [1.29, 1.82) is 0 Å². The standard InChI is InChI=1S/C15H22O4/c1-11(2)17-8-7-16-10-13-5-4-6-14(9-13)19-15-12(3)18-15/h4-6,9,11-12,15H,7-8,10H2,1-3H3/t12?,15-/m0/s1. The van der Waals surface area contributed by atoms with Crippen LogP contribution in [0, 0.1) is 0 Å². The van der Waals surface area contributed by atoms with Gasteiger partial charge in [-0.15, -0.1) is 0 Å². The Bertz CT molecular complexity index is 391. The molecule has 0 spiro atoms. The number of benzene rings is 1. The number of rotatable bonds is 8. The molecule has 2 rings (SSSR count). The van der Waals surface area contributed by atoms with Gasteiger partial charge in [-0.25, -0.2) is 0 Å². The molecule has 0 amide bonds. The molecule has 1 heterocycles. The highest BCUT2D eigenvalue weighted by molar-refractivity contribution is 5.28. The maximum absolute atomic E-state index is 5.63. The van der Waals surface area contributed by atoms with Crippen molar-refractivity contribution < 1.29 is 18.9 Å². The van der Waals surface area contributed by atoms with Gasteiger partial charge in [-0.3, -0.25) is 0 Å². The van der Waals surface area contributed by atoms with Crippen molar-refractivity contribution >= 4 is 0 Å². The van der Waals surface area contributed by atoms with E-state index in [-0.39, 0.29) is 18.5 Å². The van der Waals surface area contributed by atoms with Crippen LogP contribution in [0.15, 0.2) is 24.3 Å². The van der Waals surface area contributed by atoms with E-state index >= 15 is 0 Å². The summed E-state index contributed by atoms with van der Waals surface area (Å²) in [7, 11) is 0. The van der Waals surface area contributed by atoms with E-state index in [1.54, 1.807) is 0 Å². The van der Waals surface area contributed by atoms with Crippen LogP contribution in [0.25, 0.3) is 0 Å². The zero-order chi connectivity index (χ0) is 13.7. The van der Waals surface area contributed by atoms with Crippen molar-refractivity contribution in [3.63, 3.8) is 0 Å². The fraction of sp³-hybridized carbons (Fsp3) is 0.600. The lowest BCUT2D eigenvalue weighted by atomic mass is 10.2. The number of ether oxygens (including phenoxy) is 4. The van der Waals surface area contributed by atoms with Crippen LogP contribution in [0.2, 0.25) is 0 Å². The molecule has 0 aromatic heterocycles. The summed E-state index contributed by atoms with van der Waals surface area (Å²) >= 11 is 0. The summed E-state index contributed by atoms with van der Waals surface area (Å²) in [5, 5.41) is 0. The fourth-order valence-electron chi connectivity index (χ4n) is 1.67. The van der Waals surface area contributed by atoms with Gasteiger partial charge < -0.3 is 18.9 Å². The highest BCUT2D eigenvalue weighted by Gasteiger charge is 2.36. The maximum Gasteiger partial charge on any atom is 0.226 e. The highest BCUT2D eigenvalue weighted by atomic mass is 16.8. The first-order valence-electron chi connectivity index (χ1n) is 6.75. The van der Waals surface area contributed by atoms with Gasteiger partial charge in [-0.05, 0) is 38.5 Å². The predicted octanol–water partition coefficient (Wildman–Crippen LogP) is 2.75. The molecule has 1 saturated heterocycles. The predicted molar refractivity (Wildman–Crippen MR) is 72.1 cm³/mol. The zero-order valence-electron chi connectivity index (χ0n) is 11.8. The van der Waals surface area contributed by atoms with Gasteiger partial charge in [0, 0.05) is 0 Å². The summed E-state index contributed by atoms with van der Waals surface area (Å²) < 4.78 is 21.8. The Kier molecular flexibility index (Phi) is 5.19. The second-order valence-corrected chi connectivity index (χ2v) is 4.95. The normalized spacial score (nSPS) is 21.7. The van der Waals surface area contributed by atoms with Gasteiger partial charge in [0.1, 0.15) is 11.9 Å². The molecule has 19 heavy (non-hydrogen) atoms. The molecule has 0 N–H and O–H groups in total. The molecule has 1 unspecified atom stereocenters. The lowest BCUT2D eigenvalue weighted by Gasteiger charge is -2.09. The molecule has 1 aromatic rings. The van der Waals surface area contributed by atoms with E-state index in [1.807, 2.05) is 45.0 Å². The van der Waals surface area contributed by atoms with E-state index in [9.17, 15) is 0 Å². The lowest BCUT2D eigenvalue weighted by molar-refractivity contribution is 0.0142. The molecule has 4 heteroatoms. The molecular weight excluding hydrogens is 244 g/mol. The zero-order valence-corrected chi connectivity index (χ0v) is 11.8. The van der Waals surface area contributed by atoms with E-state index in [1.165, 1.54) is 0 Å². The molecule has 106 valence electrons. The average Bonchev–Trinajstić information content (AvgIpc) is 3.04. The van der Waals surface area contributed by atoms with Gasteiger partial charge >= 0.3 is 0 Å². The first-order chi connectivity index (χ1) is 9.15. The Morgan fingerprint density at radius 2 is 2.05 bits per heavy atom. The van der Waals surface area contributed by atoms with Crippen molar-refractivity contribution in [2.45, 2.75) is 45.9 Å². The third kappa shape index (κ3) is 5.19. The molecule has 4 nitrogen and oxygen atoms in total. The number of hydrogen-bond acceptors (Lipinski definition) is 4. The van der Waals surface area contributed by atoms with Gasteiger partial charge in [-0.2, -0.15) is 0 Å². The minimum atomic E-state index is -0.0874. The Balaban J connectivity index is 1.69. The molecule has 1 aliphatic rings. The Labute approximate surface area is 114 Å². The SMILES string of the molecule is CC(C)OCCOCc1cccc(O[C@@H]2OC2C)c1. The van der Waals surface area contributed by atoms with Crippen LogP contribution in [-0.2, 0) is 20.8 Å². The van der Waals surface area contributed by atoms with Crippen LogP contribution in [0.1, 0.15) is 26.3 Å².